The highest BCUT2D eigenvalue weighted by molar-refractivity contribution is 5.52. The Kier molecular flexibility index (Phi) is 5.43. The molecule has 0 aliphatic carbocycles. The van der Waals surface area contributed by atoms with Gasteiger partial charge in [-0.05, 0) is 43.4 Å². The Bertz CT molecular complexity index is 752. The minimum absolute atomic E-state index is 0.173. The van der Waals surface area contributed by atoms with Gasteiger partial charge in [-0.2, -0.15) is 0 Å². The molecule has 1 N–H and O–H groups in total. The van der Waals surface area contributed by atoms with Crippen LogP contribution in [0.3, 0.4) is 0 Å². The molecule has 6 nitrogen and oxygen atoms in total. The molecular formula is C21H28N4O2. The fourth-order valence-corrected chi connectivity index (χ4v) is 4.28. The molecule has 0 amide bonds. The summed E-state index contributed by atoms with van der Waals surface area (Å²) < 4.78 is 5.26. The zero-order valence-electron chi connectivity index (χ0n) is 15.9. The van der Waals surface area contributed by atoms with Crippen LogP contribution < -0.4 is 14.5 Å². The topological polar surface area (TPSA) is 61.7 Å². The van der Waals surface area contributed by atoms with Crippen LogP contribution in [0, 0.1) is 0 Å². The first-order valence-corrected chi connectivity index (χ1v) is 9.87. The van der Waals surface area contributed by atoms with Gasteiger partial charge in [0.15, 0.2) is 0 Å². The van der Waals surface area contributed by atoms with Crippen LogP contribution in [0.1, 0.15) is 37.2 Å². The molecule has 0 spiro atoms. The van der Waals surface area contributed by atoms with Crippen LogP contribution in [0.5, 0.6) is 5.75 Å². The van der Waals surface area contributed by atoms with Gasteiger partial charge in [-0.3, -0.25) is 0 Å². The summed E-state index contributed by atoms with van der Waals surface area (Å²) in [6.45, 7) is 3.10. The van der Waals surface area contributed by atoms with Crippen molar-refractivity contribution in [3.8, 4) is 5.75 Å². The van der Waals surface area contributed by atoms with Gasteiger partial charge < -0.3 is 19.6 Å². The Morgan fingerprint density at radius 1 is 1.07 bits per heavy atom. The first-order valence-electron chi connectivity index (χ1n) is 9.87. The van der Waals surface area contributed by atoms with Crippen LogP contribution in [0.4, 0.5) is 11.6 Å². The number of hydrogen-bond acceptors (Lipinski definition) is 6. The molecule has 27 heavy (non-hydrogen) atoms. The summed E-state index contributed by atoms with van der Waals surface area (Å²) >= 11 is 0. The zero-order chi connectivity index (χ0) is 18.6. The van der Waals surface area contributed by atoms with Crippen molar-refractivity contribution in [3.63, 3.8) is 0 Å². The number of piperidine rings is 1. The Balaban J connectivity index is 1.47. The lowest BCUT2D eigenvalue weighted by molar-refractivity contribution is 0.239. The summed E-state index contributed by atoms with van der Waals surface area (Å²) in [5.74, 6) is 3.33. The smallest absolute Gasteiger partial charge is 0.134 e. The summed E-state index contributed by atoms with van der Waals surface area (Å²) in [5.41, 5.74) is 1.35. The summed E-state index contributed by atoms with van der Waals surface area (Å²) in [5, 5.41) is 9.70. The molecule has 144 valence electrons. The molecule has 3 heterocycles. The third-order valence-corrected chi connectivity index (χ3v) is 5.87. The molecule has 1 aromatic carbocycles. The summed E-state index contributed by atoms with van der Waals surface area (Å²) in [6.07, 6.45) is 6.14. The summed E-state index contributed by atoms with van der Waals surface area (Å²) in [7, 11) is 1.70. The van der Waals surface area contributed by atoms with Gasteiger partial charge in [0, 0.05) is 31.6 Å². The van der Waals surface area contributed by atoms with Gasteiger partial charge in [0.05, 0.1) is 19.8 Å². The fourth-order valence-electron chi connectivity index (χ4n) is 4.28. The normalized spacial score (nSPS) is 22.9. The molecule has 4 rings (SSSR count). The van der Waals surface area contributed by atoms with E-state index in [0.29, 0.717) is 5.92 Å². The number of aromatic nitrogens is 2. The highest BCUT2D eigenvalue weighted by atomic mass is 16.5. The molecule has 2 aliphatic heterocycles. The van der Waals surface area contributed by atoms with Crippen molar-refractivity contribution < 1.29 is 9.84 Å². The highest BCUT2D eigenvalue weighted by Crippen LogP contribution is 2.32. The maximum Gasteiger partial charge on any atom is 0.134 e. The largest absolute Gasteiger partial charge is 0.497 e. The van der Waals surface area contributed by atoms with E-state index < -0.39 is 0 Å². The molecule has 2 atom stereocenters. The van der Waals surface area contributed by atoms with E-state index in [-0.39, 0.29) is 12.6 Å². The predicted molar refractivity (Wildman–Crippen MR) is 107 cm³/mol. The maximum absolute atomic E-state index is 9.70. The Morgan fingerprint density at radius 3 is 2.67 bits per heavy atom. The first kappa shape index (κ1) is 18.0. The number of rotatable bonds is 5. The second-order valence-electron chi connectivity index (χ2n) is 7.46. The third-order valence-electron chi connectivity index (χ3n) is 5.87. The maximum atomic E-state index is 9.70. The van der Waals surface area contributed by atoms with Crippen LogP contribution in [-0.4, -0.2) is 54.5 Å². The zero-order valence-corrected chi connectivity index (χ0v) is 15.9. The molecule has 2 aromatic rings. The van der Waals surface area contributed by atoms with Crippen molar-refractivity contribution in [1.82, 2.24) is 9.97 Å². The number of nitrogens with zero attached hydrogens (tertiary/aromatic N) is 4. The quantitative estimate of drug-likeness (QED) is 0.876. The molecule has 1 aromatic heterocycles. The van der Waals surface area contributed by atoms with E-state index in [4.69, 9.17) is 4.74 Å². The van der Waals surface area contributed by atoms with E-state index in [9.17, 15) is 5.11 Å². The lowest BCUT2D eigenvalue weighted by Crippen LogP contribution is -2.42. The number of hydrogen-bond donors (Lipinski definition) is 1. The monoisotopic (exact) mass is 368 g/mol. The van der Waals surface area contributed by atoms with E-state index in [1.807, 2.05) is 12.1 Å². The first-order chi connectivity index (χ1) is 13.3. The minimum atomic E-state index is 0.173. The standard InChI is InChI=1S/C21H28N4O2/c1-27-19-7-5-16(6-8-19)17-9-11-24(13-17)20-12-21(23-15-22-20)25-10-3-2-4-18(25)14-26/h5-8,12,15,17-18,26H,2-4,9-11,13-14H2,1H3. The SMILES string of the molecule is COc1ccc(C2CCN(c3cc(N4CCCCC4CO)ncn3)C2)cc1. The number of methoxy groups -OCH3 is 1. The van der Waals surface area contributed by atoms with E-state index in [0.717, 1.165) is 56.3 Å². The van der Waals surface area contributed by atoms with Crippen molar-refractivity contribution in [2.45, 2.75) is 37.6 Å². The van der Waals surface area contributed by atoms with Gasteiger partial charge in [0.25, 0.3) is 0 Å². The number of anilines is 2. The Morgan fingerprint density at radius 2 is 1.89 bits per heavy atom. The molecule has 0 bridgehead atoms. The van der Waals surface area contributed by atoms with Gasteiger partial charge in [0.1, 0.15) is 23.7 Å². The van der Waals surface area contributed by atoms with E-state index >= 15 is 0 Å². The van der Waals surface area contributed by atoms with Gasteiger partial charge in [0.2, 0.25) is 0 Å². The second-order valence-corrected chi connectivity index (χ2v) is 7.46. The molecule has 0 radical (unpaired) electrons. The van der Waals surface area contributed by atoms with Crippen molar-refractivity contribution in [3.05, 3.63) is 42.2 Å². The Hall–Kier alpha value is -2.34. The highest BCUT2D eigenvalue weighted by Gasteiger charge is 2.27. The van der Waals surface area contributed by atoms with Gasteiger partial charge in [-0.15, -0.1) is 0 Å². The average Bonchev–Trinajstić information content (AvgIpc) is 3.24. The van der Waals surface area contributed by atoms with Crippen LogP contribution in [0.2, 0.25) is 0 Å². The summed E-state index contributed by atoms with van der Waals surface area (Å²) in [6, 6.07) is 10.7. The molecule has 6 heteroatoms. The molecule has 2 saturated heterocycles. The average molecular weight is 368 g/mol. The van der Waals surface area contributed by atoms with Gasteiger partial charge in [-0.1, -0.05) is 12.1 Å². The molecule has 2 aliphatic rings. The van der Waals surface area contributed by atoms with Crippen molar-refractivity contribution in [2.24, 2.45) is 0 Å². The lowest BCUT2D eigenvalue weighted by Gasteiger charge is -2.35. The minimum Gasteiger partial charge on any atom is -0.497 e. The second kappa shape index (κ2) is 8.13. The van der Waals surface area contributed by atoms with Crippen molar-refractivity contribution >= 4 is 11.6 Å². The van der Waals surface area contributed by atoms with E-state index in [1.165, 1.54) is 12.0 Å². The Labute approximate surface area is 160 Å². The van der Waals surface area contributed by atoms with Crippen LogP contribution >= 0.6 is 0 Å². The number of ether oxygens (including phenoxy) is 1. The van der Waals surface area contributed by atoms with Crippen molar-refractivity contribution in [2.75, 3.05) is 43.2 Å². The third kappa shape index (κ3) is 3.86. The van der Waals surface area contributed by atoms with Crippen LogP contribution in [0.25, 0.3) is 0 Å². The fraction of sp³-hybridized carbons (Fsp3) is 0.524. The van der Waals surface area contributed by atoms with Crippen LogP contribution in [0.15, 0.2) is 36.7 Å². The predicted octanol–water partition coefficient (Wildman–Crippen LogP) is 2.83. The van der Waals surface area contributed by atoms with E-state index in [2.05, 4.69) is 38.0 Å². The number of benzene rings is 1. The van der Waals surface area contributed by atoms with Gasteiger partial charge >= 0.3 is 0 Å². The van der Waals surface area contributed by atoms with Crippen molar-refractivity contribution in [1.29, 1.82) is 0 Å². The number of aliphatic hydroxyl groups excluding tert-OH is 1. The number of aliphatic hydroxyl groups is 1. The molecular weight excluding hydrogens is 340 g/mol. The molecule has 0 saturated carbocycles. The van der Waals surface area contributed by atoms with E-state index in [1.54, 1.807) is 13.4 Å². The van der Waals surface area contributed by atoms with Crippen LogP contribution in [-0.2, 0) is 0 Å². The molecule has 2 fully saturated rings. The lowest BCUT2D eigenvalue weighted by atomic mass is 9.98. The molecule has 2 unspecified atom stereocenters. The summed E-state index contributed by atoms with van der Waals surface area (Å²) in [4.78, 5) is 13.6. The van der Waals surface area contributed by atoms with Gasteiger partial charge in [-0.25, -0.2) is 9.97 Å².